The van der Waals surface area contributed by atoms with Gasteiger partial charge in [0.2, 0.25) is 0 Å². The Labute approximate surface area is 152 Å². The minimum Gasteiger partial charge on any atom is -0.497 e. The Bertz CT molecular complexity index is 992. The van der Waals surface area contributed by atoms with E-state index in [4.69, 9.17) is 9.73 Å². The second-order valence-electron chi connectivity index (χ2n) is 6.02. The lowest BCUT2D eigenvalue weighted by Crippen LogP contribution is -2.19. The highest BCUT2D eigenvalue weighted by Crippen LogP contribution is 2.29. The molecule has 3 aromatic rings. The molecule has 2 heterocycles. The number of hydrazone groups is 1. The third kappa shape index (κ3) is 3.07. The number of rotatable bonds is 3. The fourth-order valence-corrected chi connectivity index (χ4v) is 2.81. The number of benzene rings is 2. The van der Waals surface area contributed by atoms with E-state index in [2.05, 4.69) is 46.7 Å². The Morgan fingerprint density at radius 2 is 1.81 bits per heavy atom. The van der Waals surface area contributed by atoms with Gasteiger partial charge in [-0.15, -0.1) is 0 Å². The normalized spacial score (nSPS) is 13.0. The molecule has 128 valence electrons. The van der Waals surface area contributed by atoms with Crippen LogP contribution in [0, 0.1) is 6.92 Å². The summed E-state index contributed by atoms with van der Waals surface area (Å²) in [7, 11) is 1.66. The summed E-state index contributed by atoms with van der Waals surface area (Å²) in [5.41, 5.74) is 8.76. The largest absolute Gasteiger partial charge is 0.497 e. The first-order valence-electron chi connectivity index (χ1n) is 8.33. The van der Waals surface area contributed by atoms with Crippen molar-refractivity contribution in [2.24, 2.45) is 10.1 Å². The Hall–Kier alpha value is -3.47. The summed E-state index contributed by atoms with van der Waals surface area (Å²) in [6.45, 7) is 2.07. The van der Waals surface area contributed by atoms with Crippen LogP contribution in [0.3, 0.4) is 0 Å². The van der Waals surface area contributed by atoms with E-state index >= 15 is 0 Å². The van der Waals surface area contributed by atoms with Gasteiger partial charge in [-0.3, -0.25) is 10.4 Å². The van der Waals surface area contributed by atoms with Crippen LogP contribution >= 0.6 is 0 Å². The maximum absolute atomic E-state index is 5.40. The molecule has 1 N–H and O–H groups in total. The molecule has 0 atom stereocenters. The number of methoxy groups -OCH3 is 1. The summed E-state index contributed by atoms with van der Waals surface area (Å²) >= 11 is 0. The van der Waals surface area contributed by atoms with Gasteiger partial charge in [0.1, 0.15) is 11.5 Å². The van der Waals surface area contributed by atoms with E-state index in [0.29, 0.717) is 5.84 Å². The number of aliphatic imine (C=N–C) groups is 1. The molecule has 0 spiro atoms. The molecule has 0 radical (unpaired) electrons. The van der Waals surface area contributed by atoms with Crippen molar-refractivity contribution in [2.75, 3.05) is 7.11 Å². The van der Waals surface area contributed by atoms with Gasteiger partial charge < -0.3 is 4.74 Å². The average Bonchev–Trinajstić information content (AvgIpc) is 2.88. The van der Waals surface area contributed by atoms with Gasteiger partial charge in [0, 0.05) is 29.1 Å². The molecule has 4 rings (SSSR count). The van der Waals surface area contributed by atoms with Crippen LogP contribution in [0.25, 0.3) is 0 Å². The maximum atomic E-state index is 5.40. The highest BCUT2D eigenvalue weighted by Gasteiger charge is 2.18. The van der Waals surface area contributed by atoms with Crippen molar-refractivity contribution < 1.29 is 4.74 Å². The highest BCUT2D eigenvalue weighted by molar-refractivity contribution is 6.18. The molecule has 0 saturated heterocycles. The monoisotopic (exact) mass is 342 g/mol. The van der Waals surface area contributed by atoms with E-state index in [1.165, 1.54) is 5.56 Å². The SMILES string of the molecule is COc1ccc2c(c1)C(c1ccc(C)cc1)=NNC(c1cccnc1)=N2. The van der Waals surface area contributed by atoms with E-state index in [1.54, 1.807) is 19.5 Å². The number of pyridine rings is 1. The minimum atomic E-state index is 0.659. The minimum absolute atomic E-state index is 0.659. The highest BCUT2D eigenvalue weighted by atomic mass is 16.5. The van der Waals surface area contributed by atoms with Gasteiger partial charge in [0.05, 0.1) is 12.8 Å². The molecule has 2 aromatic carbocycles. The van der Waals surface area contributed by atoms with Crippen LogP contribution in [0.15, 0.2) is 77.1 Å². The van der Waals surface area contributed by atoms with Crippen molar-refractivity contribution in [1.29, 1.82) is 0 Å². The lowest BCUT2D eigenvalue weighted by atomic mass is 9.99. The zero-order chi connectivity index (χ0) is 17.9. The summed E-state index contributed by atoms with van der Waals surface area (Å²) < 4.78 is 5.40. The number of fused-ring (bicyclic) bond motifs is 1. The first-order valence-corrected chi connectivity index (χ1v) is 8.33. The number of hydrogen-bond acceptors (Lipinski definition) is 5. The molecule has 0 unspecified atom stereocenters. The molecule has 1 aliphatic heterocycles. The molecule has 1 aromatic heterocycles. The Morgan fingerprint density at radius 3 is 2.54 bits per heavy atom. The maximum Gasteiger partial charge on any atom is 0.155 e. The lowest BCUT2D eigenvalue weighted by molar-refractivity contribution is 0.415. The number of amidine groups is 1. The van der Waals surface area contributed by atoms with Crippen molar-refractivity contribution in [2.45, 2.75) is 6.92 Å². The first kappa shape index (κ1) is 16.0. The van der Waals surface area contributed by atoms with E-state index < -0.39 is 0 Å². The number of aryl methyl sites for hydroxylation is 1. The molecule has 0 fully saturated rings. The number of nitrogens with one attached hydrogen (secondary N) is 1. The van der Waals surface area contributed by atoms with Crippen LogP contribution in [-0.2, 0) is 0 Å². The molecule has 0 saturated carbocycles. The molecular formula is C21H18N4O. The van der Waals surface area contributed by atoms with Crippen LogP contribution in [-0.4, -0.2) is 23.6 Å². The quantitative estimate of drug-likeness (QED) is 0.787. The molecule has 5 heteroatoms. The number of ether oxygens (including phenoxy) is 1. The lowest BCUT2D eigenvalue weighted by Gasteiger charge is -2.10. The van der Waals surface area contributed by atoms with Crippen molar-refractivity contribution in [3.05, 3.63) is 89.2 Å². The Morgan fingerprint density at radius 1 is 0.962 bits per heavy atom. The van der Waals surface area contributed by atoms with Gasteiger partial charge >= 0.3 is 0 Å². The van der Waals surface area contributed by atoms with Crippen molar-refractivity contribution in [3.63, 3.8) is 0 Å². The summed E-state index contributed by atoms with van der Waals surface area (Å²) in [5, 5.41) is 4.65. The summed E-state index contributed by atoms with van der Waals surface area (Å²) in [4.78, 5) is 8.94. The van der Waals surface area contributed by atoms with Gasteiger partial charge in [0.25, 0.3) is 0 Å². The first-order chi connectivity index (χ1) is 12.7. The second kappa shape index (κ2) is 6.80. The van der Waals surface area contributed by atoms with E-state index in [-0.39, 0.29) is 0 Å². The molecule has 0 aliphatic carbocycles. The van der Waals surface area contributed by atoms with E-state index in [1.807, 2.05) is 30.3 Å². The Kier molecular flexibility index (Phi) is 4.19. The summed E-state index contributed by atoms with van der Waals surface area (Å²) in [5.74, 6) is 1.43. The van der Waals surface area contributed by atoms with Crippen LogP contribution in [0.5, 0.6) is 5.75 Å². The van der Waals surface area contributed by atoms with Crippen LogP contribution in [0.4, 0.5) is 5.69 Å². The fraction of sp³-hybridized carbons (Fsp3) is 0.0952. The van der Waals surface area contributed by atoms with Gasteiger partial charge in [-0.25, -0.2) is 4.99 Å². The number of nitrogens with zero attached hydrogens (tertiary/aromatic N) is 3. The Balaban J connectivity index is 1.88. The predicted octanol–water partition coefficient (Wildman–Crippen LogP) is 3.83. The topological polar surface area (TPSA) is 58.9 Å². The molecule has 0 amide bonds. The zero-order valence-corrected chi connectivity index (χ0v) is 14.6. The zero-order valence-electron chi connectivity index (χ0n) is 14.6. The molecular weight excluding hydrogens is 324 g/mol. The summed E-state index contributed by atoms with van der Waals surface area (Å²) in [6.07, 6.45) is 3.50. The second-order valence-corrected chi connectivity index (χ2v) is 6.02. The van der Waals surface area contributed by atoms with Gasteiger partial charge in [-0.1, -0.05) is 29.8 Å². The van der Waals surface area contributed by atoms with E-state index in [0.717, 1.165) is 33.8 Å². The van der Waals surface area contributed by atoms with Gasteiger partial charge in [-0.2, -0.15) is 5.10 Å². The molecule has 26 heavy (non-hydrogen) atoms. The van der Waals surface area contributed by atoms with Crippen LogP contribution in [0.2, 0.25) is 0 Å². The van der Waals surface area contributed by atoms with Crippen molar-refractivity contribution in [3.8, 4) is 5.75 Å². The van der Waals surface area contributed by atoms with Crippen molar-refractivity contribution >= 4 is 17.2 Å². The third-order valence-electron chi connectivity index (χ3n) is 4.22. The number of hydrogen-bond donors (Lipinski definition) is 1. The molecule has 0 bridgehead atoms. The van der Waals surface area contributed by atoms with E-state index in [9.17, 15) is 0 Å². The fourth-order valence-electron chi connectivity index (χ4n) is 2.81. The standard InChI is InChI=1S/C21H18N4O/c1-14-5-7-15(8-6-14)20-18-12-17(26-2)9-10-19(18)23-21(25-24-20)16-4-3-11-22-13-16/h3-13H,1-2H3,(H,23,25). The average molecular weight is 342 g/mol. The third-order valence-corrected chi connectivity index (χ3v) is 4.22. The molecule has 5 nitrogen and oxygen atoms in total. The molecule has 1 aliphatic rings. The smallest absolute Gasteiger partial charge is 0.155 e. The van der Waals surface area contributed by atoms with Crippen LogP contribution in [0.1, 0.15) is 22.3 Å². The predicted molar refractivity (Wildman–Crippen MR) is 103 cm³/mol. The van der Waals surface area contributed by atoms with Crippen LogP contribution < -0.4 is 10.2 Å². The van der Waals surface area contributed by atoms with Gasteiger partial charge in [-0.05, 0) is 37.3 Å². The van der Waals surface area contributed by atoms with Gasteiger partial charge in [0.15, 0.2) is 5.84 Å². The van der Waals surface area contributed by atoms with Crippen molar-refractivity contribution in [1.82, 2.24) is 10.4 Å². The summed E-state index contributed by atoms with van der Waals surface area (Å²) in [6, 6.07) is 17.9. The number of aromatic nitrogens is 1.